The van der Waals surface area contributed by atoms with E-state index < -0.39 is 48.0 Å². The maximum absolute atomic E-state index is 12.3. The fraction of sp³-hybridized carbons (Fsp3) is 0.818. The molecule has 2 fully saturated rings. The minimum Gasteiger partial charge on any atom is -0.480 e. The predicted molar refractivity (Wildman–Crippen MR) is 274 cm³/mol. The number of piperidine rings is 1. The molecule has 0 aliphatic carbocycles. The second-order valence-corrected chi connectivity index (χ2v) is 21.5. The van der Waals surface area contributed by atoms with Crippen LogP contribution < -0.4 is 33.2 Å². The molecule has 9 atom stereocenters. The Labute approximate surface area is 419 Å². The lowest BCUT2D eigenvalue weighted by Crippen LogP contribution is -2.52. The number of hydrogen-bond acceptors (Lipinski definition) is 15. The molecule has 0 spiro atoms. The van der Waals surface area contributed by atoms with Crippen LogP contribution in [0.25, 0.3) is 0 Å². The lowest BCUT2D eigenvalue weighted by molar-refractivity contribution is -0.154. The summed E-state index contributed by atoms with van der Waals surface area (Å²) in [5.74, 6) is -2.49. The summed E-state index contributed by atoms with van der Waals surface area (Å²) in [4.78, 5) is 94.8. The van der Waals surface area contributed by atoms with E-state index in [1.54, 1.807) is 59.0 Å². The van der Waals surface area contributed by atoms with Gasteiger partial charge >= 0.3 is 23.9 Å². The molecule has 1 unspecified atom stereocenters. The van der Waals surface area contributed by atoms with Crippen molar-refractivity contribution in [3.05, 3.63) is 0 Å². The number of carboxylic acid groups (broad SMARTS) is 4. The number of thiol groups is 1. The van der Waals surface area contributed by atoms with Gasteiger partial charge in [-0.05, 0) is 134 Å². The first-order valence-electron chi connectivity index (χ1n) is 24.5. The lowest BCUT2D eigenvalue weighted by atomic mass is 9.98. The van der Waals surface area contributed by atoms with Crippen LogP contribution >= 0.6 is 46.0 Å². The van der Waals surface area contributed by atoms with Gasteiger partial charge in [-0.3, -0.25) is 19.2 Å². The Bertz CT molecular complexity index is 1470. The monoisotopic (exact) mass is 1040 g/mol. The van der Waals surface area contributed by atoms with E-state index in [9.17, 15) is 48.6 Å². The van der Waals surface area contributed by atoms with Gasteiger partial charge < -0.3 is 58.5 Å². The maximum Gasteiger partial charge on any atom is 0.326 e. The third kappa shape index (κ3) is 27.7. The second-order valence-electron chi connectivity index (χ2n) is 17.0. The van der Waals surface area contributed by atoms with E-state index in [1.807, 2.05) is 6.92 Å². The molecule has 2 aliphatic heterocycles. The van der Waals surface area contributed by atoms with Crippen molar-refractivity contribution in [2.45, 2.75) is 160 Å². The van der Waals surface area contributed by atoms with Gasteiger partial charge in [0.2, 0.25) is 23.6 Å². The molecule has 4 amide bonds. The Balaban J connectivity index is -0.00000104. The fourth-order valence-corrected chi connectivity index (χ4v) is 11.1. The molecule has 0 aromatic heterocycles. The molecule has 67 heavy (non-hydrogen) atoms. The fourth-order valence-electron chi connectivity index (χ4n) is 6.77. The molecule has 2 rings (SSSR count). The van der Waals surface area contributed by atoms with E-state index in [4.69, 9.17) is 30.4 Å². The third-order valence-corrected chi connectivity index (χ3v) is 15.4. The highest BCUT2D eigenvalue weighted by Crippen LogP contribution is 2.35. The van der Waals surface area contributed by atoms with Gasteiger partial charge in [0.1, 0.15) is 24.2 Å². The molecule has 0 aromatic carbocycles. The minimum atomic E-state index is -1.04. The number of fused-ring (bicyclic) bond motifs is 1. The Morgan fingerprint density at radius 3 is 1.42 bits per heavy atom. The highest BCUT2D eigenvalue weighted by Gasteiger charge is 2.41. The van der Waals surface area contributed by atoms with E-state index in [-0.39, 0.29) is 54.1 Å². The molecule has 19 nitrogen and oxygen atoms in total. The van der Waals surface area contributed by atoms with Gasteiger partial charge in [0.05, 0.1) is 5.37 Å². The van der Waals surface area contributed by atoms with Crippen LogP contribution in [0, 0.1) is 23.7 Å². The summed E-state index contributed by atoms with van der Waals surface area (Å²) in [6.07, 6.45) is 10.5. The van der Waals surface area contributed by atoms with E-state index in [0.717, 1.165) is 44.3 Å². The van der Waals surface area contributed by atoms with Gasteiger partial charge in [0.15, 0.2) is 0 Å². The zero-order valence-electron chi connectivity index (χ0n) is 41.9. The molecule has 0 saturated carbocycles. The maximum atomic E-state index is 12.3. The number of carboxylic acids is 4. The van der Waals surface area contributed by atoms with Crippen LogP contribution in [-0.4, -0.2) is 145 Å². The smallest absolute Gasteiger partial charge is 0.326 e. The van der Waals surface area contributed by atoms with Crippen LogP contribution in [0.4, 0.5) is 0 Å². The topological polar surface area (TPSA) is 335 Å². The molecule has 0 bridgehead atoms. The van der Waals surface area contributed by atoms with Gasteiger partial charge in [0.25, 0.3) is 0 Å². The SMILES string of the molecule is C[C@@H](CCS)C(=O)N[C@@H](CCCCN)C(=O)O.C[C@@H](CCSSCC[C@H](C)C(=O)N[C@@H](CCCCN)C(=O)O)C(=O)N[C@@H](CCCCN)C(=O)O.C[C@H]1CCSC2CCC[C@@H](C(=O)O)N2C1=O.[2H][3H].[3HH]. The third-order valence-electron chi connectivity index (χ3n) is 11.3. The molecule has 0 aromatic rings. The Morgan fingerprint density at radius 1 is 0.687 bits per heavy atom. The Hall–Kier alpha value is -2.96. The summed E-state index contributed by atoms with van der Waals surface area (Å²) < 4.78 is 10.0. The highest BCUT2D eigenvalue weighted by atomic mass is 33.1. The molecule has 0 radical (unpaired) electrons. The lowest BCUT2D eigenvalue weighted by Gasteiger charge is -2.39. The first-order valence-corrected chi connectivity index (χ1v) is 27.7. The minimum absolute atomic E-state index is 0. The van der Waals surface area contributed by atoms with Crippen molar-refractivity contribution < 1.29 is 63.2 Å². The van der Waals surface area contributed by atoms with Crippen LogP contribution in [0.5, 0.6) is 0 Å². The summed E-state index contributed by atoms with van der Waals surface area (Å²) in [5, 5.41) is 44.5. The largest absolute Gasteiger partial charge is 0.480 e. The van der Waals surface area contributed by atoms with Crippen molar-refractivity contribution >= 4 is 93.5 Å². The summed E-state index contributed by atoms with van der Waals surface area (Å²) in [5.41, 5.74) is 16.2. The Morgan fingerprint density at radius 2 is 1.07 bits per heavy atom. The van der Waals surface area contributed by atoms with E-state index in [0.29, 0.717) is 101 Å². The average molecular weight is 1040 g/mol. The predicted octanol–water partition coefficient (Wildman–Crippen LogP) is 4.50. The number of aliphatic carboxylic acids is 4. The van der Waals surface area contributed by atoms with E-state index >= 15 is 0 Å². The zero-order chi connectivity index (χ0) is 52.9. The van der Waals surface area contributed by atoms with E-state index in [2.05, 4.69) is 28.6 Å². The van der Waals surface area contributed by atoms with Crippen molar-refractivity contribution in [1.82, 2.24) is 20.9 Å². The first kappa shape index (κ1) is 62.1. The number of amides is 4. The molecule has 2 aliphatic rings. The van der Waals surface area contributed by atoms with Crippen molar-refractivity contribution in [2.75, 3.05) is 42.6 Å². The van der Waals surface area contributed by atoms with Crippen LogP contribution in [0.2, 0.25) is 0 Å². The summed E-state index contributed by atoms with van der Waals surface area (Å²) in [6.45, 7) is 8.75. The molecule has 2 heterocycles. The van der Waals surface area contributed by atoms with Gasteiger partial charge in [0, 0.05) is 39.6 Å². The number of nitrogens with one attached hydrogen (secondary N) is 3. The molecule has 2 saturated heterocycles. The number of nitrogens with zero attached hydrogens (tertiary/aromatic N) is 1. The van der Waals surface area contributed by atoms with Crippen molar-refractivity contribution in [1.29, 1.82) is 0 Å². The number of carbonyl (C=O) groups excluding carboxylic acids is 4. The standard InChI is InChI=1S/C22H42N4O6S2.C11H22N2O3S.C11H17NO3S.2H2/c1-15(19(27)25-17(21(29)30)7-3-5-11-23)9-13-33-34-14-10-16(2)20(28)26-18(22(31)32)8-4-6-12-24;1-8(5-7-17)10(14)13-9(11(15)16)4-2-3-6-12;1-7-5-6-16-9-4-2-3-8(11(14)15)12(9)10(7)13;;/h15-18H,3-14,23-24H2,1-2H3,(H,25,27)(H,26,28)(H,29,30)(H,31,32);8-9,17H,2-7,12H2,1H3,(H,13,14)(H,15,16);7-9H,2-6H2,1H3,(H,14,15);2*1H/t15-,16-,17-,18-;8-,9-;7-,8-,9?;;/m000../s1/i;;;1+2D;1+2. The second kappa shape index (κ2) is 37.9. The molecule has 23 heteroatoms. The van der Waals surface area contributed by atoms with Gasteiger partial charge in [-0.2, -0.15) is 12.6 Å². The summed E-state index contributed by atoms with van der Waals surface area (Å²) in [6, 6.07) is -3.19. The van der Waals surface area contributed by atoms with Crippen LogP contribution in [0.15, 0.2) is 0 Å². The van der Waals surface area contributed by atoms with Crippen LogP contribution in [-0.2, 0) is 38.4 Å². The molecular weight excluding hydrogens is 947 g/mol. The molecule has 13 N–H and O–H groups in total. The number of rotatable bonds is 31. The van der Waals surface area contributed by atoms with E-state index in [1.165, 1.54) is 0 Å². The molecular formula is C44H85N7O12S4. The first-order chi connectivity index (χ1) is 32.8. The molecule has 392 valence electrons. The van der Waals surface area contributed by atoms with Crippen molar-refractivity contribution in [3.63, 3.8) is 0 Å². The highest BCUT2D eigenvalue weighted by molar-refractivity contribution is 8.76. The zero-order valence-corrected chi connectivity index (χ0v) is 43.2. The number of hydrogen-bond donors (Lipinski definition) is 11. The summed E-state index contributed by atoms with van der Waals surface area (Å²) in [7, 11) is 3.19. The number of nitrogens with two attached hydrogens (primary N) is 3. The van der Waals surface area contributed by atoms with Gasteiger partial charge in [-0.25, -0.2) is 19.2 Å². The quantitative estimate of drug-likeness (QED) is 0.0259. The summed E-state index contributed by atoms with van der Waals surface area (Å²) >= 11 is 5.78. The van der Waals surface area contributed by atoms with Gasteiger partial charge in [-0.15, -0.1) is 11.8 Å². The van der Waals surface area contributed by atoms with Crippen LogP contribution in [0.1, 0.15) is 135 Å². The van der Waals surface area contributed by atoms with Crippen LogP contribution in [0.3, 0.4) is 0 Å². The normalized spacial score (nSPS) is 19.6. The average Bonchev–Trinajstić information content (AvgIpc) is 3.46. The Kier molecular flexibility index (Phi) is 35.1. The van der Waals surface area contributed by atoms with Crippen molar-refractivity contribution in [3.8, 4) is 0 Å². The number of thioether (sulfide) groups is 1. The number of carbonyl (C=O) groups is 8. The van der Waals surface area contributed by atoms with Crippen molar-refractivity contribution in [2.24, 2.45) is 40.9 Å². The number of unbranched alkanes of at least 4 members (excludes halogenated alkanes) is 3. The van der Waals surface area contributed by atoms with Gasteiger partial charge in [-0.1, -0.05) is 49.3 Å².